The zero-order valence-electron chi connectivity index (χ0n) is 10.4. The number of hydrogen-bond acceptors (Lipinski definition) is 4. The molecule has 3 N–H and O–H groups in total. The van der Waals surface area contributed by atoms with Crippen molar-refractivity contribution in [2.45, 2.75) is 19.3 Å². The van der Waals surface area contributed by atoms with Crippen molar-refractivity contribution in [3.8, 4) is 0 Å². The Morgan fingerprint density at radius 3 is 3.00 bits per heavy atom. The van der Waals surface area contributed by atoms with Gasteiger partial charge in [0, 0.05) is 26.5 Å². The lowest BCUT2D eigenvalue weighted by atomic mass is 10.2. The first-order valence-electron chi connectivity index (χ1n) is 5.83. The lowest BCUT2D eigenvalue weighted by Gasteiger charge is -2.07. The van der Waals surface area contributed by atoms with Crippen LogP contribution in [0.2, 0.25) is 5.02 Å². The van der Waals surface area contributed by atoms with Crippen molar-refractivity contribution >= 4 is 23.3 Å². The van der Waals surface area contributed by atoms with Gasteiger partial charge in [-0.25, -0.2) is 4.98 Å². The van der Waals surface area contributed by atoms with E-state index in [9.17, 15) is 4.79 Å². The Morgan fingerprint density at radius 1 is 1.50 bits per heavy atom. The van der Waals surface area contributed by atoms with Crippen LogP contribution in [-0.4, -0.2) is 31.2 Å². The van der Waals surface area contributed by atoms with Crippen molar-refractivity contribution in [2.24, 2.45) is 0 Å². The predicted molar refractivity (Wildman–Crippen MR) is 71.7 cm³/mol. The number of aromatic nitrogens is 1. The van der Waals surface area contributed by atoms with E-state index >= 15 is 0 Å². The molecule has 0 aromatic carbocycles. The first kappa shape index (κ1) is 14.7. The third kappa shape index (κ3) is 4.89. The fraction of sp³-hybridized carbons (Fsp3) is 0.500. The molecule has 1 rings (SSSR count). The highest BCUT2D eigenvalue weighted by Crippen LogP contribution is 2.16. The lowest BCUT2D eigenvalue weighted by molar-refractivity contribution is 0.0952. The molecule has 1 aromatic rings. The normalized spacial score (nSPS) is 10.3. The van der Waals surface area contributed by atoms with Gasteiger partial charge in [0.05, 0.1) is 10.6 Å². The number of ether oxygens (including phenoxy) is 1. The molecule has 0 atom stereocenters. The molecule has 0 spiro atoms. The Morgan fingerprint density at radius 2 is 2.28 bits per heavy atom. The number of anilines is 1. The van der Waals surface area contributed by atoms with Crippen LogP contribution in [0.15, 0.2) is 12.3 Å². The SMILES string of the molecule is COCCCCCNC(=O)c1cc(N)ncc1Cl. The van der Waals surface area contributed by atoms with Crippen molar-refractivity contribution in [1.29, 1.82) is 0 Å². The Hall–Kier alpha value is -1.33. The first-order chi connectivity index (χ1) is 8.65. The van der Waals surface area contributed by atoms with Crippen LogP contribution in [0, 0.1) is 0 Å². The lowest BCUT2D eigenvalue weighted by Crippen LogP contribution is -2.25. The number of nitrogens with one attached hydrogen (secondary N) is 1. The van der Waals surface area contributed by atoms with Gasteiger partial charge in [0.25, 0.3) is 5.91 Å². The largest absolute Gasteiger partial charge is 0.385 e. The van der Waals surface area contributed by atoms with E-state index in [1.165, 1.54) is 12.3 Å². The van der Waals surface area contributed by atoms with Crippen LogP contribution in [0.1, 0.15) is 29.6 Å². The summed E-state index contributed by atoms with van der Waals surface area (Å²) in [4.78, 5) is 15.6. The van der Waals surface area contributed by atoms with Crippen LogP contribution in [0.5, 0.6) is 0 Å². The molecule has 0 bridgehead atoms. The molecule has 0 aliphatic rings. The van der Waals surface area contributed by atoms with Crippen LogP contribution in [-0.2, 0) is 4.74 Å². The van der Waals surface area contributed by atoms with E-state index in [2.05, 4.69) is 10.3 Å². The Balaban J connectivity index is 2.34. The molecule has 0 unspecified atom stereocenters. The van der Waals surface area contributed by atoms with Gasteiger partial charge in [0.2, 0.25) is 0 Å². The third-order valence-corrected chi connectivity index (χ3v) is 2.73. The molecular formula is C12H18ClN3O2. The maximum atomic E-state index is 11.8. The van der Waals surface area contributed by atoms with Gasteiger partial charge in [-0.1, -0.05) is 11.6 Å². The number of halogens is 1. The standard InChI is InChI=1S/C12H18ClN3O2/c1-18-6-4-2-3-5-15-12(17)9-7-11(14)16-8-10(9)13/h7-8H,2-6H2,1H3,(H2,14,16)(H,15,17). The van der Waals surface area contributed by atoms with Gasteiger partial charge in [-0.2, -0.15) is 0 Å². The van der Waals surface area contributed by atoms with E-state index in [0.29, 0.717) is 17.1 Å². The summed E-state index contributed by atoms with van der Waals surface area (Å²) in [5.74, 6) is 0.0606. The van der Waals surface area contributed by atoms with Gasteiger partial charge < -0.3 is 15.8 Å². The number of nitrogens with two attached hydrogens (primary N) is 1. The number of unbranched alkanes of at least 4 members (excludes halogenated alkanes) is 2. The van der Waals surface area contributed by atoms with Gasteiger partial charge in [-0.15, -0.1) is 0 Å². The number of carbonyl (C=O) groups excluding carboxylic acids is 1. The highest BCUT2D eigenvalue weighted by molar-refractivity contribution is 6.33. The Bertz CT molecular complexity index is 399. The second kappa shape index (κ2) is 7.89. The average Bonchev–Trinajstić information content (AvgIpc) is 2.36. The van der Waals surface area contributed by atoms with E-state index in [0.717, 1.165) is 25.9 Å². The number of methoxy groups -OCH3 is 1. The zero-order valence-corrected chi connectivity index (χ0v) is 11.2. The van der Waals surface area contributed by atoms with Crippen molar-refractivity contribution in [2.75, 3.05) is 26.0 Å². The maximum absolute atomic E-state index is 11.8. The minimum Gasteiger partial charge on any atom is -0.385 e. The maximum Gasteiger partial charge on any atom is 0.252 e. The summed E-state index contributed by atoms with van der Waals surface area (Å²) in [6, 6.07) is 1.47. The third-order valence-electron chi connectivity index (χ3n) is 2.43. The topological polar surface area (TPSA) is 77.2 Å². The number of rotatable bonds is 7. The highest BCUT2D eigenvalue weighted by atomic mass is 35.5. The fourth-order valence-corrected chi connectivity index (χ4v) is 1.66. The van der Waals surface area contributed by atoms with Gasteiger partial charge in [0.15, 0.2) is 0 Å². The second-order valence-electron chi connectivity index (χ2n) is 3.90. The average molecular weight is 272 g/mol. The molecule has 18 heavy (non-hydrogen) atoms. The summed E-state index contributed by atoms with van der Waals surface area (Å²) in [6.45, 7) is 1.36. The minimum atomic E-state index is -0.221. The van der Waals surface area contributed by atoms with Crippen LogP contribution >= 0.6 is 11.6 Å². The zero-order chi connectivity index (χ0) is 13.4. The first-order valence-corrected chi connectivity index (χ1v) is 6.21. The number of pyridine rings is 1. The fourth-order valence-electron chi connectivity index (χ4n) is 1.47. The molecule has 0 radical (unpaired) electrons. The van der Waals surface area contributed by atoms with Crippen molar-refractivity contribution in [3.63, 3.8) is 0 Å². The number of hydrogen-bond donors (Lipinski definition) is 2. The molecule has 1 amide bonds. The van der Waals surface area contributed by atoms with Crippen LogP contribution in [0.3, 0.4) is 0 Å². The number of carbonyl (C=O) groups is 1. The second-order valence-corrected chi connectivity index (χ2v) is 4.31. The number of nitrogen functional groups attached to an aromatic ring is 1. The summed E-state index contributed by atoms with van der Waals surface area (Å²) in [7, 11) is 1.68. The van der Waals surface area contributed by atoms with Crippen molar-refractivity contribution < 1.29 is 9.53 Å². The van der Waals surface area contributed by atoms with Gasteiger partial charge in [-0.3, -0.25) is 4.79 Å². The Labute approximate surface area is 112 Å². The summed E-state index contributed by atoms with van der Waals surface area (Å²) in [6.07, 6.45) is 4.30. The monoisotopic (exact) mass is 271 g/mol. The molecule has 1 aromatic heterocycles. The smallest absolute Gasteiger partial charge is 0.252 e. The molecule has 5 nitrogen and oxygen atoms in total. The van der Waals surface area contributed by atoms with Gasteiger partial charge >= 0.3 is 0 Å². The van der Waals surface area contributed by atoms with Crippen molar-refractivity contribution in [1.82, 2.24) is 10.3 Å². The number of nitrogens with zero attached hydrogens (tertiary/aromatic N) is 1. The molecule has 0 fully saturated rings. The molecule has 1 heterocycles. The molecule has 0 aliphatic carbocycles. The number of amides is 1. The molecule has 0 saturated heterocycles. The van der Waals surface area contributed by atoms with Crippen LogP contribution < -0.4 is 11.1 Å². The van der Waals surface area contributed by atoms with Crippen LogP contribution in [0.4, 0.5) is 5.82 Å². The molecule has 6 heteroatoms. The minimum absolute atomic E-state index is 0.221. The summed E-state index contributed by atoms with van der Waals surface area (Å²) >= 11 is 5.88. The summed E-state index contributed by atoms with van der Waals surface area (Å²) < 4.78 is 4.94. The Kier molecular flexibility index (Phi) is 6.46. The highest BCUT2D eigenvalue weighted by Gasteiger charge is 2.10. The molecule has 0 aliphatic heterocycles. The van der Waals surface area contributed by atoms with E-state index in [-0.39, 0.29) is 11.7 Å². The van der Waals surface area contributed by atoms with Gasteiger partial charge in [0.1, 0.15) is 5.82 Å². The van der Waals surface area contributed by atoms with E-state index in [1.54, 1.807) is 7.11 Å². The quantitative estimate of drug-likeness (QED) is 0.742. The van der Waals surface area contributed by atoms with E-state index < -0.39 is 0 Å². The van der Waals surface area contributed by atoms with Crippen molar-refractivity contribution in [3.05, 3.63) is 22.8 Å². The molecular weight excluding hydrogens is 254 g/mol. The van der Waals surface area contributed by atoms with E-state index in [1.807, 2.05) is 0 Å². The summed E-state index contributed by atoms with van der Waals surface area (Å²) in [5, 5.41) is 3.10. The summed E-state index contributed by atoms with van der Waals surface area (Å²) in [5.41, 5.74) is 5.87. The molecule has 0 saturated carbocycles. The van der Waals surface area contributed by atoms with Crippen LogP contribution in [0.25, 0.3) is 0 Å². The predicted octanol–water partition coefficient (Wildman–Crippen LogP) is 1.86. The van der Waals surface area contributed by atoms with E-state index in [4.69, 9.17) is 22.1 Å². The molecule has 100 valence electrons. The van der Waals surface area contributed by atoms with Gasteiger partial charge in [-0.05, 0) is 25.3 Å².